The van der Waals surface area contributed by atoms with Gasteiger partial charge in [0.15, 0.2) is 0 Å². The highest BCUT2D eigenvalue weighted by Crippen LogP contribution is 2.22. The summed E-state index contributed by atoms with van der Waals surface area (Å²) in [7, 11) is 3.01. The fraction of sp³-hybridized carbons (Fsp3) is 0.235. The van der Waals surface area contributed by atoms with Gasteiger partial charge in [-0.3, -0.25) is 14.6 Å². The summed E-state index contributed by atoms with van der Waals surface area (Å²) in [5.41, 5.74) is 0.289. The third-order valence-electron chi connectivity index (χ3n) is 2.90. The second kappa shape index (κ2) is 10.6. The zero-order valence-electron chi connectivity index (χ0n) is 13.4. The van der Waals surface area contributed by atoms with Gasteiger partial charge < -0.3 is 15.2 Å². The summed E-state index contributed by atoms with van der Waals surface area (Å²) in [5.74, 6) is 1.41. The van der Waals surface area contributed by atoms with E-state index in [2.05, 4.69) is 10.3 Å². The second-order valence-electron chi connectivity index (χ2n) is 4.84. The quantitative estimate of drug-likeness (QED) is 0.483. The van der Waals surface area contributed by atoms with Crippen LogP contribution >= 0.6 is 21.6 Å². The number of nitrogens with zero attached hydrogens (tertiary/aromatic N) is 1. The number of para-hydroxylation sites is 1. The monoisotopic (exact) mass is 378 g/mol. The maximum Gasteiger partial charge on any atom is 0.304 e. The SMILES string of the molecule is O=C(O)CCSSCCNC(=O)c1cc(Oc2ccccc2)ccn1. The van der Waals surface area contributed by atoms with Crippen LogP contribution in [0.4, 0.5) is 0 Å². The summed E-state index contributed by atoms with van der Waals surface area (Å²) in [6.07, 6.45) is 1.67. The van der Waals surface area contributed by atoms with E-state index < -0.39 is 5.97 Å². The van der Waals surface area contributed by atoms with E-state index in [1.54, 1.807) is 12.1 Å². The van der Waals surface area contributed by atoms with Gasteiger partial charge in [-0.15, -0.1) is 0 Å². The molecule has 1 aromatic carbocycles. The maximum atomic E-state index is 12.1. The fourth-order valence-corrected chi connectivity index (χ4v) is 3.65. The molecule has 8 heteroatoms. The van der Waals surface area contributed by atoms with Crippen LogP contribution in [-0.4, -0.2) is 40.0 Å². The van der Waals surface area contributed by atoms with Crippen molar-refractivity contribution in [3.05, 3.63) is 54.4 Å². The van der Waals surface area contributed by atoms with Gasteiger partial charge in [0, 0.05) is 30.3 Å². The average molecular weight is 378 g/mol. The molecule has 25 heavy (non-hydrogen) atoms. The number of carboxylic acid groups (broad SMARTS) is 1. The second-order valence-corrected chi connectivity index (χ2v) is 7.54. The molecule has 0 saturated carbocycles. The van der Waals surface area contributed by atoms with Crippen molar-refractivity contribution in [2.24, 2.45) is 0 Å². The number of carboxylic acids is 1. The molecule has 0 unspecified atom stereocenters. The van der Waals surface area contributed by atoms with E-state index >= 15 is 0 Å². The number of carbonyl (C=O) groups is 2. The van der Waals surface area contributed by atoms with Crippen molar-refractivity contribution in [1.29, 1.82) is 0 Å². The van der Waals surface area contributed by atoms with E-state index in [9.17, 15) is 9.59 Å². The van der Waals surface area contributed by atoms with E-state index in [1.165, 1.54) is 27.8 Å². The van der Waals surface area contributed by atoms with Crippen LogP contribution in [0, 0.1) is 0 Å². The number of pyridine rings is 1. The molecule has 1 heterocycles. The summed E-state index contributed by atoms with van der Waals surface area (Å²) in [4.78, 5) is 26.5. The van der Waals surface area contributed by atoms with Crippen LogP contribution in [0.2, 0.25) is 0 Å². The first-order valence-electron chi connectivity index (χ1n) is 7.58. The van der Waals surface area contributed by atoms with Crippen LogP contribution < -0.4 is 10.1 Å². The van der Waals surface area contributed by atoms with Gasteiger partial charge in [-0.05, 0) is 18.2 Å². The first kappa shape index (κ1) is 19.1. The Kier molecular flexibility index (Phi) is 8.14. The summed E-state index contributed by atoms with van der Waals surface area (Å²) < 4.78 is 5.68. The molecule has 2 rings (SSSR count). The number of benzene rings is 1. The highest BCUT2D eigenvalue weighted by atomic mass is 33.1. The summed E-state index contributed by atoms with van der Waals surface area (Å²) in [6, 6.07) is 12.6. The number of rotatable bonds is 10. The molecule has 0 aliphatic rings. The van der Waals surface area contributed by atoms with E-state index in [0.29, 0.717) is 29.5 Å². The number of hydrogen-bond donors (Lipinski definition) is 2. The highest BCUT2D eigenvalue weighted by Gasteiger charge is 2.08. The molecule has 0 spiro atoms. The summed E-state index contributed by atoms with van der Waals surface area (Å²) in [5, 5.41) is 11.3. The zero-order valence-corrected chi connectivity index (χ0v) is 15.0. The number of hydrogen-bond acceptors (Lipinski definition) is 6. The predicted molar refractivity (Wildman–Crippen MR) is 100 cm³/mol. The van der Waals surface area contributed by atoms with E-state index in [0.717, 1.165) is 0 Å². The average Bonchev–Trinajstić information content (AvgIpc) is 2.61. The molecule has 132 valence electrons. The van der Waals surface area contributed by atoms with Gasteiger partial charge in [0.05, 0.1) is 6.42 Å². The fourth-order valence-electron chi connectivity index (χ4n) is 1.77. The van der Waals surface area contributed by atoms with Crippen LogP contribution in [0.25, 0.3) is 0 Å². The molecule has 1 amide bonds. The molecule has 0 aliphatic carbocycles. The van der Waals surface area contributed by atoms with Crippen molar-refractivity contribution < 1.29 is 19.4 Å². The number of aromatic nitrogens is 1. The molecule has 0 bridgehead atoms. The normalized spacial score (nSPS) is 10.2. The van der Waals surface area contributed by atoms with Crippen LogP contribution in [0.5, 0.6) is 11.5 Å². The van der Waals surface area contributed by atoms with Crippen LogP contribution in [0.3, 0.4) is 0 Å². The first-order chi connectivity index (χ1) is 12.1. The van der Waals surface area contributed by atoms with Crippen molar-refractivity contribution in [3.8, 4) is 11.5 Å². The van der Waals surface area contributed by atoms with Crippen LogP contribution in [0.15, 0.2) is 48.7 Å². The van der Waals surface area contributed by atoms with E-state index in [4.69, 9.17) is 9.84 Å². The molecule has 0 aliphatic heterocycles. The smallest absolute Gasteiger partial charge is 0.304 e. The lowest BCUT2D eigenvalue weighted by molar-refractivity contribution is -0.136. The molecular formula is C17H18N2O4S2. The first-order valence-corrected chi connectivity index (χ1v) is 10.1. The Labute approximate surface area is 153 Å². The minimum absolute atomic E-state index is 0.141. The largest absolute Gasteiger partial charge is 0.481 e. The van der Waals surface area contributed by atoms with E-state index in [-0.39, 0.29) is 18.0 Å². The Morgan fingerprint density at radius 1 is 1.08 bits per heavy atom. The summed E-state index contributed by atoms with van der Waals surface area (Å²) in [6.45, 7) is 0.481. The van der Waals surface area contributed by atoms with Gasteiger partial charge in [0.25, 0.3) is 5.91 Å². The number of ether oxygens (including phenoxy) is 1. The third kappa shape index (κ3) is 7.49. The van der Waals surface area contributed by atoms with E-state index in [1.807, 2.05) is 30.3 Å². The Balaban J connectivity index is 1.74. The molecule has 0 radical (unpaired) electrons. The molecule has 0 saturated heterocycles. The van der Waals surface area contributed by atoms with Crippen LogP contribution in [0.1, 0.15) is 16.9 Å². The van der Waals surface area contributed by atoms with Gasteiger partial charge in [0.2, 0.25) is 0 Å². The zero-order chi connectivity index (χ0) is 17.9. The lowest BCUT2D eigenvalue weighted by Crippen LogP contribution is -2.26. The Morgan fingerprint density at radius 2 is 1.84 bits per heavy atom. The Bertz CT molecular complexity index is 698. The standard InChI is InChI=1S/C17H18N2O4S2/c20-16(21)7-10-24-25-11-9-19-17(22)15-12-14(6-8-18-15)23-13-4-2-1-3-5-13/h1-6,8,12H,7,9-11H2,(H,19,22)(H,20,21). The molecule has 2 N–H and O–H groups in total. The van der Waals surface area contributed by atoms with Gasteiger partial charge >= 0.3 is 5.97 Å². The molecule has 2 aromatic rings. The molecule has 0 atom stereocenters. The number of amides is 1. The molecule has 1 aromatic heterocycles. The summed E-state index contributed by atoms with van der Waals surface area (Å²) >= 11 is 0. The lowest BCUT2D eigenvalue weighted by atomic mass is 10.3. The molecular weight excluding hydrogens is 360 g/mol. The highest BCUT2D eigenvalue weighted by molar-refractivity contribution is 8.76. The van der Waals surface area contributed by atoms with Gasteiger partial charge in [0.1, 0.15) is 17.2 Å². The number of carbonyl (C=O) groups excluding carboxylic acids is 1. The molecule has 6 nitrogen and oxygen atoms in total. The number of nitrogens with one attached hydrogen (secondary N) is 1. The third-order valence-corrected chi connectivity index (χ3v) is 5.30. The van der Waals surface area contributed by atoms with Crippen molar-refractivity contribution in [1.82, 2.24) is 10.3 Å². The van der Waals surface area contributed by atoms with Crippen molar-refractivity contribution in [2.45, 2.75) is 6.42 Å². The maximum absolute atomic E-state index is 12.1. The number of aliphatic carboxylic acids is 1. The van der Waals surface area contributed by atoms with Crippen molar-refractivity contribution >= 4 is 33.5 Å². The van der Waals surface area contributed by atoms with Crippen molar-refractivity contribution in [2.75, 3.05) is 18.1 Å². The minimum Gasteiger partial charge on any atom is -0.481 e. The lowest BCUT2D eigenvalue weighted by Gasteiger charge is -2.07. The molecule has 0 fully saturated rings. The van der Waals surface area contributed by atoms with Gasteiger partial charge in [-0.2, -0.15) is 0 Å². The van der Waals surface area contributed by atoms with Gasteiger partial charge in [-0.1, -0.05) is 39.8 Å². The minimum atomic E-state index is -0.801. The van der Waals surface area contributed by atoms with Gasteiger partial charge in [-0.25, -0.2) is 0 Å². The Morgan fingerprint density at radius 3 is 2.60 bits per heavy atom. The topological polar surface area (TPSA) is 88.5 Å². The van der Waals surface area contributed by atoms with Crippen molar-refractivity contribution in [3.63, 3.8) is 0 Å². The van der Waals surface area contributed by atoms with Crippen LogP contribution in [-0.2, 0) is 4.79 Å². The Hall–Kier alpha value is -2.19. The predicted octanol–water partition coefficient (Wildman–Crippen LogP) is 3.46.